The van der Waals surface area contributed by atoms with Crippen molar-refractivity contribution in [1.82, 2.24) is 20.4 Å². The van der Waals surface area contributed by atoms with Crippen LogP contribution >= 0.6 is 11.3 Å². The SMILES string of the molecule is CC(CC(=O)C(F)(F)F)c1cccc(CC(=O)Nc2ccc(CCCCc3nnc(NC(=O)Cc4ccccc4)s3)nn2)c1. The maximum atomic E-state index is 12.6. The van der Waals surface area contributed by atoms with Gasteiger partial charge in [0, 0.05) is 12.8 Å². The second-order valence-corrected chi connectivity index (χ2v) is 11.4. The van der Waals surface area contributed by atoms with Gasteiger partial charge < -0.3 is 10.6 Å². The van der Waals surface area contributed by atoms with E-state index in [1.807, 2.05) is 30.3 Å². The summed E-state index contributed by atoms with van der Waals surface area (Å²) in [5.74, 6) is -2.62. The van der Waals surface area contributed by atoms with Gasteiger partial charge in [0.05, 0.1) is 18.5 Å². The number of nitrogens with zero attached hydrogens (tertiary/aromatic N) is 4. The third kappa shape index (κ3) is 10.3. The van der Waals surface area contributed by atoms with E-state index in [4.69, 9.17) is 0 Å². The Bertz CT molecular complexity index is 1560. The first-order valence-electron chi connectivity index (χ1n) is 14.0. The van der Waals surface area contributed by atoms with Crippen LogP contribution in [0.3, 0.4) is 0 Å². The molecule has 2 N–H and O–H groups in total. The van der Waals surface area contributed by atoms with E-state index in [1.54, 1.807) is 43.3 Å². The highest BCUT2D eigenvalue weighted by Crippen LogP contribution is 2.26. The lowest BCUT2D eigenvalue weighted by Gasteiger charge is -2.14. The molecule has 0 saturated carbocycles. The number of benzene rings is 2. The summed E-state index contributed by atoms with van der Waals surface area (Å²) in [5, 5.41) is 23.2. The number of ketones is 1. The van der Waals surface area contributed by atoms with Crippen LogP contribution in [0.5, 0.6) is 0 Å². The van der Waals surface area contributed by atoms with Gasteiger partial charge in [-0.2, -0.15) is 18.3 Å². The van der Waals surface area contributed by atoms with Crippen molar-refractivity contribution in [3.63, 3.8) is 0 Å². The molecule has 0 fully saturated rings. The molecule has 2 aromatic carbocycles. The van der Waals surface area contributed by atoms with Crippen LogP contribution < -0.4 is 10.6 Å². The van der Waals surface area contributed by atoms with Gasteiger partial charge in [0.15, 0.2) is 5.82 Å². The number of amides is 2. The van der Waals surface area contributed by atoms with Crippen LogP contribution in [-0.4, -0.2) is 44.2 Å². The predicted molar refractivity (Wildman–Crippen MR) is 160 cm³/mol. The fourth-order valence-electron chi connectivity index (χ4n) is 4.39. The van der Waals surface area contributed by atoms with Gasteiger partial charge in [0.25, 0.3) is 0 Å². The zero-order chi connectivity index (χ0) is 31.5. The van der Waals surface area contributed by atoms with Gasteiger partial charge in [0.2, 0.25) is 22.7 Å². The molecule has 1 atom stereocenters. The minimum absolute atomic E-state index is 0.0127. The molecule has 0 aliphatic carbocycles. The molecular weight excluding hydrogens is 593 g/mol. The molecule has 0 radical (unpaired) electrons. The lowest BCUT2D eigenvalue weighted by Crippen LogP contribution is -2.24. The third-order valence-corrected chi connectivity index (χ3v) is 7.57. The van der Waals surface area contributed by atoms with E-state index in [0.717, 1.165) is 29.1 Å². The van der Waals surface area contributed by atoms with Crippen molar-refractivity contribution in [1.29, 1.82) is 0 Å². The summed E-state index contributed by atoms with van der Waals surface area (Å²) in [4.78, 5) is 36.1. The van der Waals surface area contributed by atoms with Gasteiger partial charge in [-0.15, -0.1) is 15.3 Å². The van der Waals surface area contributed by atoms with Crippen molar-refractivity contribution in [2.24, 2.45) is 0 Å². The van der Waals surface area contributed by atoms with E-state index in [1.165, 1.54) is 11.3 Å². The van der Waals surface area contributed by atoms with Crippen molar-refractivity contribution in [2.75, 3.05) is 10.6 Å². The average molecular weight is 625 g/mol. The first-order valence-corrected chi connectivity index (χ1v) is 14.8. The summed E-state index contributed by atoms with van der Waals surface area (Å²) in [6.45, 7) is 1.54. The molecule has 230 valence electrons. The van der Waals surface area contributed by atoms with Gasteiger partial charge in [-0.05, 0) is 54.0 Å². The topological polar surface area (TPSA) is 127 Å². The maximum absolute atomic E-state index is 12.6. The Kier molecular flexibility index (Phi) is 11.2. The van der Waals surface area contributed by atoms with Crippen molar-refractivity contribution < 1.29 is 27.6 Å². The highest BCUT2D eigenvalue weighted by atomic mass is 32.1. The lowest BCUT2D eigenvalue weighted by molar-refractivity contribution is -0.171. The number of hydrogen-bond donors (Lipinski definition) is 2. The highest BCUT2D eigenvalue weighted by Gasteiger charge is 2.38. The Morgan fingerprint density at radius 2 is 1.50 bits per heavy atom. The smallest absolute Gasteiger partial charge is 0.309 e. The molecule has 13 heteroatoms. The van der Waals surface area contributed by atoms with Crippen molar-refractivity contribution in [2.45, 2.75) is 64.0 Å². The first kappa shape index (κ1) is 32.4. The molecule has 0 aliphatic rings. The van der Waals surface area contributed by atoms with Crippen LogP contribution in [0.1, 0.15) is 59.5 Å². The molecule has 1 unspecified atom stereocenters. The summed E-state index contributed by atoms with van der Waals surface area (Å²) in [5.41, 5.74) is 2.85. The molecule has 0 bridgehead atoms. The van der Waals surface area contributed by atoms with Crippen molar-refractivity contribution in [3.8, 4) is 0 Å². The van der Waals surface area contributed by atoms with Gasteiger partial charge in [-0.3, -0.25) is 14.4 Å². The number of aryl methyl sites for hydroxylation is 2. The second-order valence-electron chi connectivity index (χ2n) is 10.3. The number of alkyl halides is 3. The van der Waals surface area contributed by atoms with E-state index >= 15 is 0 Å². The number of carbonyl (C=O) groups is 3. The number of hydrogen-bond acceptors (Lipinski definition) is 8. The maximum Gasteiger partial charge on any atom is 0.449 e. The quantitative estimate of drug-likeness (QED) is 0.168. The summed E-state index contributed by atoms with van der Waals surface area (Å²) in [7, 11) is 0. The van der Waals surface area contributed by atoms with Crippen LogP contribution in [0.2, 0.25) is 0 Å². The monoisotopic (exact) mass is 624 g/mol. The van der Waals surface area contributed by atoms with Gasteiger partial charge in [-0.1, -0.05) is 72.9 Å². The Labute approximate surface area is 256 Å². The molecule has 2 heterocycles. The third-order valence-electron chi connectivity index (χ3n) is 6.67. The Morgan fingerprint density at radius 3 is 2.23 bits per heavy atom. The summed E-state index contributed by atoms with van der Waals surface area (Å²) in [6, 6.07) is 19.5. The average Bonchev–Trinajstić information content (AvgIpc) is 3.43. The molecule has 4 aromatic rings. The molecule has 4 rings (SSSR count). The Balaban J connectivity index is 1.16. The lowest BCUT2D eigenvalue weighted by atomic mass is 9.93. The molecule has 2 aromatic heterocycles. The van der Waals surface area contributed by atoms with Crippen LogP contribution in [0, 0.1) is 0 Å². The number of nitrogens with one attached hydrogen (secondary N) is 2. The number of halogens is 3. The van der Waals surface area contributed by atoms with Crippen molar-refractivity contribution in [3.05, 3.63) is 94.1 Å². The summed E-state index contributed by atoms with van der Waals surface area (Å²) < 4.78 is 37.8. The fraction of sp³-hybridized carbons (Fsp3) is 0.323. The molecular formula is C31H31F3N6O3S. The van der Waals surface area contributed by atoms with Gasteiger partial charge in [-0.25, -0.2) is 0 Å². The molecule has 0 aliphatic heterocycles. The minimum Gasteiger partial charge on any atom is -0.309 e. The molecule has 44 heavy (non-hydrogen) atoms. The standard InChI is InChI=1S/C31H31F3N6O3S/c1-20(16-25(41)31(32,33)34)23-11-7-10-22(17-23)19-27(42)35-26-15-14-24(37-38-26)12-5-6-13-29-39-40-30(44-29)36-28(43)18-21-8-3-2-4-9-21/h2-4,7-11,14-15,17,20H,5-6,12-13,16,18-19H2,1H3,(H,35,38,42)(H,36,40,43). The first-order chi connectivity index (χ1) is 21.0. The van der Waals surface area contributed by atoms with Gasteiger partial charge in [0.1, 0.15) is 5.01 Å². The van der Waals surface area contributed by atoms with Gasteiger partial charge >= 0.3 is 6.18 Å². The van der Waals surface area contributed by atoms with E-state index in [9.17, 15) is 27.6 Å². The molecule has 2 amide bonds. The minimum atomic E-state index is -4.86. The summed E-state index contributed by atoms with van der Waals surface area (Å²) in [6.07, 6.45) is -2.19. The predicted octanol–water partition coefficient (Wildman–Crippen LogP) is 5.88. The largest absolute Gasteiger partial charge is 0.449 e. The second kappa shape index (κ2) is 15.3. The Morgan fingerprint density at radius 1 is 0.795 bits per heavy atom. The normalized spacial score (nSPS) is 12.0. The fourth-order valence-corrected chi connectivity index (χ4v) is 5.18. The molecule has 9 nitrogen and oxygen atoms in total. The molecule has 0 spiro atoms. The molecule has 0 saturated heterocycles. The highest BCUT2D eigenvalue weighted by molar-refractivity contribution is 7.15. The summed E-state index contributed by atoms with van der Waals surface area (Å²) >= 11 is 1.35. The number of unbranched alkanes of at least 4 members (excludes halogenated alkanes) is 1. The zero-order valence-electron chi connectivity index (χ0n) is 23.9. The van der Waals surface area contributed by atoms with Crippen LogP contribution in [0.15, 0.2) is 66.7 Å². The zero-order valence-corrected chi connectivity index (χ0v) is 24.8. The number of aromatic nitrogens is 4. The Hall–Kier alpha value is -4.52. The van der Waals surface area contributed by atoms with Crippen molar-refractivity contribution >= 4 is 39.9 Å². The van der Waals surface area contributed by atoms with E-state index in [-0.39, 0.29) is 30.5 Å². The number of anilines is 2. The van der Waals surface area contributed by atoms with Crippen LogP contribution in [0.25, 0.3) is 0 Å². The van der Waals surface area contributed by atoms with E-state index in [2.05, 4.69) is 31.0 Å². The number of rotatable bonds is 14. The van der Waals surface area contributed by atoms with Crippen LogP contribution in [-0.2, 0) is 40.1 Å². The van der Waals surface area contributed by atoms with Crippen LogP contribution in [0.4, 0.5) is 24.1 Å². The number of Topliss-reactive ketones (excluding diaryl/α,β-unsaturated/α-hetero) is 1. The number of carbonyl (C=O) groups excluding carboxylic acids is 3. The van der Waals surface area contributed by atoms with E-state index < -0.39 is 24.3 Å². The van der Waals surface area contributed by atoms with E-state index in [0.29, 0.717) is 29.1 Å².